The number of carbonyl (C=O) groups is 2. The third-order valence-corrected chi connectivity index (χ3v) is 6.83. The van der Waals surface area contributed by atoms with Crippen LogP contribution in [0.1, 0.15) is 12.0 Å². The molecule has 23 heavy (non-hydrogen) atoms. The van der Waals surface area contributed by atoms with Gasteiger partial charge in [0.25, 0.3) is 5.24 Å². The maximum atomic E-state index is 12.5. The summed E-state index contributed by atoms with van der Waals surface area (Å²) < 4.78 is 26.3. The number of thioether (sulfide) groups is 1. The minimum absolute atomic E-state index is 0.0420. The Bertz CT molecular complexity index is 689. The Morgan fingerprint density at radius 1 is 1.17 bits per heavy atom. The number of amides is 2. The smallest absolute Gasteiger partial charge is 0.273 e. The van der Waals surface area contributed by atoms with Gasteiger partial charge in [-0.3, -0.25) is 14.5 Å². The van der Waals surface area contributed by atoms with E-state index in [1.807, 2.05) is 30.3 Å². The molecule has 0 aliphatic carbocycles. The first-order chi connectivity index (χ1) is 11.0. The summed E-state index contributed by atoms with van der Waals surface area (Å²) in [7, 11) is -3.38. The number of benzene rings is 1. The maximum absolute atomic E-state index is 12.5. The van der Waals surface area contributed by atoms with Crippen LogP contribution in [0.15, 0.2) is 30.3 Å². The highest BCUT2D eigenvalue weighted by molar-refractivity contribution is 8.14. The predicted molar refractivity (Wildman–Crippen MR) is 88.6 cm³/mol. The van der Waals surface area contributed by atoms with E-state index in [1.54, 1.807) is 0 Å². The fourth-order valence-corrected chi connectivity index (χ4v) is 5.22. The van der Waals surface area contributed by atoms with E-state index in [4.69, 9.17) is 0 Å². The molecule has 3 rings (SSSR count). The van der Waals surface area contributed by atoms with Gasteiger partial charge in [-0.1, -0.05) is 42.1 Å². The molecule has 8 heteroatoms. The number of hydrogen-bond acceptors (Lipinski definition) is 5. The molecule has 1 unspecified atom stereocenters. The van der Waals surface area contributed by atoms with Gasteiger partial charge in [0.2, 0.25) is 15.9 Å². The quantitative estimate of drug-likeness (QED) is 0.797. The summed E-state index contributed by atoms with van der Waals surface area (Å²) in [5.74, 6) is -0.00949. The molecular formula is C15H18N2O4S2. The number of rotatable bonds is 5. The second kappa shape index (κ2) is 6.62. The lowest BCUT2D eigenvalue weighted by Gasteiger charge is -2.21. The lowest BCUT2D eigenvalue weighted by atomic mass is 10.2. The van der Waals surface area contributed by atoms with E-state index in [2.05, 4.69) is 0 Å². The fourth-order valence-electron chi connectivity index (χ4n) is 2.91. The van der Waals surface area contributed by atoms with Gasteiger partial charge >= 0.3 is 0 Å². The number of hydrogen-bond donors (Lipinski definition) is 0. The minimum Gasteiger partial charge on any atom is -0.273 e. The molecule has 2 aliphatic rings. The Morgan fingerprint density at radius 3 is 2.57 bits per heavy atom. The Labute approximate surface area is 139 Å². The molecule has 0 bridgehead atoms. The van der Waals surface area contributed by atoms with E-state index in [0.29, 0.717) is 19.4 Å². The van der Waals surface area contributed by atoms with Crippen molar-refractivity contribution in [1.29, 1.82) is 0 Å². The zero-order chi connectivity index (χ0) is 16.4. The van der Waals surface area contributed by atoms with Gasteiger partial charge in [0.15, 0.2) is 0 Å². The summed E-state index contributed by atoms with van der Waals surface area (Å²) >= 11 is 0.986. The molecule has 1 aromatic carbocycles. The average Bonchev–Trinajstić information content (AvgIpc) is 3.14. The lowest BCUT2D eigenvalue weighted by molar-refractivity contribution is -0.126. The highest BCUT2D eigenvalue weighted by Gasteiger charge is 2.41. The van der Waals surface area contributed by atoms with Crippen molar-refractivity contribution >= 4 is 32.9 Å². The molecule has 2 fully saturated rings. The van der Waals surface area contributed by atoms with Crippen LogP contribution in [-0.4, -0.2) is 59.4 Å². The van der Waals surface area contributed by atoms with Crippen molar-refractivity contribution in [2.24, 2.45) is 0 Å². The van der Waals surface area contributed by atoms with Crippen LogP contribution in [0.4, 0.5) is 4.79 Å². The van der Waals surface area contributed by atoms with E-state index in [1.165, 1.54) is 9.21 Å². The molecule has 2 heterocycles. The molecule has 1 atom stereocenters. The Hall–Kier alpha value is -1.38. The van der Waals surface area contributed by atoms with Gasteiger partial charge in [-0.25, -0.2) is 8.42 Å². The number of imide groups is 1. The zero-order valence-electron chi connectivity index (χ0n) is 12.6. The topological polar surface area (TPSA) is 74.8 Å². The first-order valence-corrected chi connectivity index (χ1v) is 10.1. The fraction of sp³-hybridized carbons (Fsp3) is 0.467. The van der Waals surface area contributed by atoms with Crippen LogP contribution in [0.5, 0.6) is 0 Å². The Morgan fingerprint density at radius 2 is 1.91 bits per heavy atom. The summed E-state index contributed by atoms with van der Waals surface area (Å²) in [5.41, 5.74) is 0.980. The van der Waals surface area contributed by atoms with E-state index in [-0.39, 0.29) is 35.2 Å². The molecule has 2 saturated heterocycles. The van der Waals surface area contributed by atoms with Crippen LogP contribution in [-0.2, 0) is 21.2 Å². The van der Waals surface area contributed by atoms with E-state index >= 15 is 0 Å². The second-order valence-corrected chi connectivity index (χ2v) is 8.69. The van der Waals surface area contributed by atoms with Crippen molar-refractivity contribution in [3.05, 3.63) is 35.9 Å². The van der Waals surface area contributed by atoms with Gasteiger partial charge in [-0.05, 0) is 18.4 Å². The molecule has 0 N–H and O–H groups in total. The number of sulfonamides is 1. The second-order valence-electron chi connectivity index (χ2n) is 5.67. The standard InChI is InChI=1S/C15H18N2O4S2/c18-14-11-22-15(19)17(14)13-6-8-16(10-13)23(20,21)9-7-12-4-2-1-3-5-12/h1-5,13H,6-11H2. The molecule has 0 saturated carbocycles. The Balaban J connectivity index is 1.61. The van der Waals surface area contributed by atoms with Crippen molar-refractivity contribution in [3.63, 3.8) is 0 Å². The molecule has 0 aromatic heterocycles. The van der Waals surface area contributed by atoms with Crippen molar-refractivity contribution in [3.8, 4) is 0 Å². The lowest BCUT2D eigenvalue weighted by Crippen LogP contribution is -2.42. The van der Waals surface area contributed by atoms with Crippen LogP contribution in [0, 0.1) is 0 Å². The van der Waals surface area contributed by atoms with Crippen LogP contribution < -0.4 is 0 Å². The largest absolute Gasteiger partial charge is 0.289 e. The molecule has 124 valence electrons. The maximum Gasteiger partial charge on any atom is 0.289 e. The van der Waals surface area contributed by atoms with E-state index in [9.17, 15) is 18.0 Å². The molecule has 6 nitrogen and oxygen atoms in total. The monoisotopic (exact) mass is 354 g/mol. The SMILES string of the molecule is O=C1CSC(=O)N1C1CCN(S(=O)(=O)CCc2ccccc2)C1. The van der Waals surface area contributed by atoms with Crippen molar-refractivity contribution in [1.82, 2.24) is 9.21 Å². The average molecular weight is 354 g/mol. The molecule has 1 aromatic rings. The summed E-state index contributed by atoms with van der Waals surface area (Å²) in [6.45, 7) is 0.582. The van der Waals surface area contributed by atoms with Gasteiger partial charge in [0.05, 0.1) is 17.5 Å². The van der Waals surface area contributed by atoms with Crippen molar-refractivity contribution in [2.45, 2.75) is 18.9 Å². The highest BCUT2D eigenvalue weighted by atomic mass is 32.2. The number of aryl methyl sites for hydroxylation is 1. The summed E-state index contributed by atoms with van der Waals surface area (Å²) in [6.07, 6.45) is 0.977. The molecule has 0 radical (unpaired) electrons. The summed E-state index contributed by atoms with van der Waals surface area (Å²) in [5, 5.41) is -0.261. The Kier molecular flexibility index (Phi) is 4.74. The molecular weight excluding hydrogens is 336 g/mol. The first-order valence-electron chi connectivity index (χ1n) is 7.48. The third-order valence-electron chi connectivity index (χ3n) is 4.16. The van der Waals surface area contributed by atoms with Crippen LogP contribution in [0.3, 0.4) is 0 Å². The van der Waals surface area contributed by atoms with Gasteiger partial charge in [-0.2, -0.15) is 4.31 Å². The normalized spacial score (nSPS) is 23.0. The number of nitrogens with zero attached hydrogens (tertiary/aromatic N) is 2. The van der Waals surface area contributed by atoms with Gasteiger partial charge < -0.3 is 0 Å². The van der Waals surface area contributed by atoms with Gasteiger partial charge in [-0.15, -0.1) is 0 Å². The summed E-state index contributed by atoms with van der Waals surface area (Å²) in [6, 6.07) is 9.15. The number of carbonyl (C=O) groups excluding carboxylic acids is 2. The minimum atomic E-state index is -3.38. The predicted octanol–water partition coefficient (Wildman–Crippen LogP) is 1.33. The van der Waals surface area contributed by atoms with Crippen LogP contribution in [0.2, 0.25) is 0 Å². The van der Waals surface area contributed by atoms with Crippen molar-refractivity contribution < 1.29 is 18.0 Å². The molecule has 2 amide bonds. The van der Waals surface area contributed by atoms with Gasteiger partial charge in [0.1, 0.15) is 0 Å². The summed E-state index contributed by atoms with van der Waals surface area (Å²) in [4.78, 5) is 24.7. The zero-order valence-corrected chi connectivity index (χ0v) is 14.2. The van der Waals surface area contributed by atoms with E-state index < -0.39 is 10.0 Å². The van der Waals surface area contributed by atoms with E-state index in [0.717, 1.165) is 17.3 Å². The third kappa shape index (κ3) is 3.59. The molecule has 2 aliphatic heterocycles. The van der Waals surface area contributed by atoms with Gasteiger partial charge in [0, 0.05) is 13.1 Å². The molecule has 0 spiro atoms. The van der Waals surface area contributed by atoms with Crippen LogP contribution >= 0.6 is 11.8 Å². The first kappa shape index (κ1) is 16.5. The highest BCUT2D eigenvalue weighted by Crippen LogP contribution is 2.27. The van der Waals surface area contributed by atoms with Crippen LogP contribution in [0.25, 0.3) is 0 Å². The van der Waals surface area contributed by atoms with Crippen molar-refractivity contribution in [2.75, 3.05) is 24.6 Å².